The third-order valence-corrected chi connectivity index (χ3v) is 6.13. The van der Waals surface area contributed by atoms with E-state index in [0.29, 0.717) is 18.9 Å². The standard InChI is InChI=1S/C22H37N3O3/c1-22(2)17-25(12-11-23(22)3)14-18-7-8-20(21(13-18)27-4)28-16-19(26)15-24-9-5-6-10-24/h7-8,13,19,26H,5-6,9-12,14-17H2,1-4H3. The van der Waals surface area contributed by atoms with Gasteiger partial charge in [0.15, 0.2) is 11.5 Å². The summed E-state index contributed by atoms with van der Waals surface area (Å²) in [4.78, 5) is 7.22. The highest BCUT2D eigenvalue weighted by molar-refractivity contribution is 5.43. The first kappa shape index (κ1) is 21.4. The molecule has 2 aliphatic rings. The van der Waals surface area contributed by atoms with E-state index in [-0.39, 0.29) is 5.54 Å². The number of rotatable bonds is 8. The number of hydrogen-bond acceptors (Lipinski definition) is 6. The zero-order chi connectivity index (χ0) is 20.1. The van der Waals surface area contributed by atoms with E-state index in [4.69, 9.17) is 9.47 Å². The number of piperazine rings is 1. The van der Waals surface area contributed by atoms with Crippen molar-refractivity contribution in [2.45, 2.75) is 44.9 Å². The Balaban J connectivity index is 1.54. The molecule has 2 saturated heterocycles. The van der Waals surface area contributed by atoms with Crippen LogP contribution in [0, 0.1) is 0 Å². The molecule has 2 aliphatic heterocycles. The molecule has 1 N–H and O–H groups in total. The fourth-order valence-electron chi connectivity index (χ4n) is 4.17. The van der Waals surface area contributed by atoms with Crippen molar-refractivity contribution in [1.82, 2.24) is 14.7 Å². The highest BCUT2D eigenvalue weighted by atomic mass is 16.5. The largest absolute Gasteiger partial charge is 0.493 e. The van der Waals surface area contributed by atoms with Gasteiger partial charge in [0.25, 0.3) is 0 Å². The van der Waals surface area contributed by atoms with E-state index in [0.717, 1.165) is 45.0 Å². The summed E-state index contributed by atoms with van der Waals surface area (Å²) in [7, 11) is 3.87. The highest BCUT2D eigenvalue weighted by Crippen LogP contribution is 2.29. The lowest BCUT2D eigenvalue weighted by atomic mass is 9.99. The quantitative estimate of drug-likeness (QED) is 0.732. The van der Waals surface area contributed by atoms with E-state index in [2.05, 4.69) is 47.7 Å². The van der Waals surface area contributed by atoms with Crippen LogP contribution in [0.3, 0.4) is 0 Å². The van der Waals surface area contributed by atoms with Crippen molar-refractivity contribution < 1.29 is 14.6 Å². The molecular formula is C22H37N3O3. The average molecular weight is 392 g/mol. The number of benzene rings is 1. The minimum atomic E-state index is -0.477. The molecule has 3 rings (SSSR count). The molecule has 0 bridgehead atoms. The Morgan fingerprint density at radius 3 is 2.50 bits per heavy atom. The molecular weight excluding hydrogens is 354 g/mol. The number of nitrogens with zero attached hydrogens (tertiary/aromatic N) is 3. The van der Waals surface area contributed by atoms with Crippen LogP contribution in [0.25, 0.3) is 0 Å². The first-order valence-corrected chi connectivity index (χ1v) is 10.5. The molecule has 158 valence electrons. The lowest BCUT2D eigenvalue weighted by Crippen LogP contribution is -2.57. The van der Waals surface area contributed by atoms with Crippen molar-refractivity contribution >= 4 is 0 Å². The molecule has 0 aromatic heterocycles. The summed E-state index contributed by atoms with van der Waals surface area (Å²) in [6, 6.07) is 6.14. The van der Waals surface area contributed by atoms with Crippen LogP contribution in [-0.2, 0) is 6.54 Å². The number of likely N-dealkylation sites (tertiary alicyclic amines) is 1. The predicted molar refractivity (Wildman–Crippen MR) is 112 cm³/mol. The van der Waals surface area contributed by atoms with E-state index >= 15 is 0 Å². The van der Waals surface area contributed by atoms with Gasteiger partial charge in [0.05, 0.1) is 7.11 Å². The van der Waals surface area contributed by atoms with Gasteiger partial charge in [-0.05, 0) is 64.5 Å². The van der Waals surface area contributed by atoms with Crippen molar-refractivity contribution in [3.63, 3.8) is 0 Å². The molecule has 0 saturated carbocycles. The molecule has 1 unspecified atom stereocenters. The van der Waals surface area contributed by atoms with E-state index < -0.39 is 6.10 Å². The fraction of sp³-hybridized carbons (Fsp3) is 0.727. The summed E-state index contributed by atoms with van der Waals surface area (Å²) in [6.45, 7) is 11.8. The van der Waals surface area contributed by atoms with Crippen LogP contribution in [-0.4, -0.2) is 91.5 Å². The average Bonchev–Trinajstić information content (AvgIpc) is 3.16. The summed E-state index contributed by atoms with van der Waals surface area (Å²) in [5.74, 6) is 1.43. The number of likely N-dealkylation sites (N-methyl/N-ethyl adjacent to an activating group) is 1. The summed E-state index contributed by atoms with van der Waals surface area (Å²) in [5, 5.41) is 10.3. The lowest BCUT2D eigenvalue weighted by molar-refractivity contribution is 0.0359. The van der Waals surface area contributed by atoms with Crippen molar-refractivity contribution in [3.05, 3.63) is 23.8 Å². The number of hydrogen-bond donors (Lipinski definition) is 1. The second-order valence-corrected chi connectivity index (χ2v) is 8.90. The molecule has 2 fully saturated rings. The van der Waals surface area contributed by atoms with Gasteiger partial charge in [-0.3, -0.25) is 9.80 Å². The van der Waals surface area contributed by atoms with Gasteiger partial charge in [0.2, 0.25) is 0 Å². The molecule has 0 spiro atoms. The monoisotopic (exact) mass is 391 g/mol. The number of ether oxygens (including phenoxy) is 2. The second kappa shape index (κ2) is 9.44. The van der Waals surface area contributed by atoms with E-state index in [1.54, 1.807) is 7.11 Å². The maximum absolute atomic E-state index is 10.3. The van der Waals surface area contributed by atoms with E-state index in [1.807, 2.05) is 6.07 Å². The first-order chi connectivity index (χ1) is 13.4. The summed E-state index contributed by atoms with van der Waals surface area (Å²) >= 11 is 0. The maximum Gasteiger partial charge on any atom is 0.161 e. The summed E-state index contributed by atoms with van der Waals surface area (Å²) < 4.78 is 11.4. The Labute approximate surface area is 170 Å². The summed E-state index contributed by atoms with van der Waals surface area (Å²) in [5.41, 5.74) is 1.42. The number of β-amino-alcohol motifs (C(OH)–C–C–N with tert-alkyl or cyclic N) is 1. The smallest absolute Gasteiger partial charge is 0.161 e. The van der Waals surface area contributed by atoms with Crippen LogP contribution in [0.2, 0.25) is 0 Å². The van der Waals surface area contributed by atoms with Crippen molar-refractivity contribution in [2.75, 3.05) is 60.0 Å². The van der Waals surface area contributed by atoms with Crippen molar-refractivity contribution in [1.29, 1.82) is 0 Å². The molecule has 28 heavy (non-hydrogen) atoms. The van der Waals surface area contributed by atoms with Crippen LogP contribution in [0.4, 0.5) is 0 Å². The van der Waals surface area contributed by atoms with Crippen LogP contribution in [0.1, 0.15) is 32.3 Å². The topological polar surface area (TPSA) is 48.4 Å². The molecule has 6 heteroatoms. The summed E-state index contributed by atoms with van der Waals surface area (Å²) in [6.07, 6.45) is 1.98. The van der Waals surface area contributed by atoms with Gasteiger partial charge in [0, 0.05) is 38.3 Å². The first-order valence-electron chi connectivity index (χ1n) is 10.5. The highest BCUT2D eigenvalue weighted by Gasteiger charge is 2.30. The maximum atomic E-state index is 10.3. The van der Waals surface area contributed by atoms with Gasteiger partial charge in [0.1, 0.15) is 12.7 Å². The zero-order valence-corrected chi connectivity index (χ0v) is 18.0. The number of aliphatic hydroxyl groups excluding tert-OH is 1. The van der Waals surface area contributed by atoms with Crippen molar-refractivity contribution in [3.8, 4) is 11.5 Å². The van der Waals surface area contributed by atoms with Gasteiger partial charge in [-0.25, -0.2) is 0 Å². The Hall–Kier alpha value is -1.34. The Morgan fingerprint density at radius 2 is 1.82 bits per heavy atom. The normalized spacial score (nSPS) is 22.3. The zero-order valence-electron chi connectivity index (χ0n) is 18.0. The molecule has 1 aromatic rings. The molecule has 1 aromatic carbocycles. The molecule has 0 aliphatic carbocycles. The molecule has 0 radical (unpaired) electrons. The van der Waals surface area contributed by atoms with Crippen LogP contribution >= 0.6 is 0 Å². The Bertz CT molecular complexity index is 631. The number of methoxy groups -OCH3 is 1. The number of aliphatic hydroxyl groups is 1. The SMILES string of the molecule is COc1cc(CN2CCN(C)C(C)(C)C2)ccc1OCC(O)CN1CCCC1. The Morgan fingerprint density at radius 1 is 1.07 bits per heavy atom. The third kappa shape index (κ3) is 5.60. The minimum Gasteiger partial charge on any atom is -0.493 e. The van der Waals surface area contributed by atoms with E-state index in [9.17, 15) is 5.11 Å². The van der Waals surface area contributed by atoms with Gasteiger partial charge in [-0.2, -0.15) is 0 Å². The fourth-order valence-corrected chi connectivity index (χ4v) is 4.17. The lowest BCUT2D eigenvalue weighted by Gasteiger charge is -2.45. The van der Waals surface area contributed by atoms with Gasteiger partial charge in [-0.15, -0.1) is 0 Å². The predicted octanol–water partition coefficient (Wildman–Crippen LogP) is 2.06. The third-order valence-electron chi connectivity index (χ3n) is 6.13. The second-order valence-electron chi connectivity index (χ2n) is 8.90. The molecule has 2 heterocycles. The van der Waals surface area contributed by atoms with Crippen LogP contribution in [0.15, 0.2) is 18.2 Å². The van der Waals surface area contributed by atoms with Crippen molar-refractivity contribution in [2.24, 2.45) is 0 Å². The van der Waals surface area contributed by atoms with Gasteiger partial charge >= 0.3 is 0 Å². The minimum absolute atomic E-state index is 0.191. The molecule has 1 atom stereocenters. The molecule has 0 amide bonds. The molecule has 6 nitrogen and oxygen atoms in total. The van der Waals surface area contributed by atoms with Crippen LogP contribution < -0.4 is 9.47 Å². The van der Waals surface area contributed by atoms with E-state index in [1.165, 1.54) is 18.4 Å². The van der Waals surface area contributed by atoms with Crippen LogP contribution in [0.5, 0.6) is 11.5 Å². The van der Waals surface area contributed by atoms with Gasteiger partial charge < -0.3 is 19.5 Å². The van der Waals surface area contributed by atoms with Gasteiger partial charge in [-0.1, -0.05) is 6.07 Å². The Kier molecular flexibility index (Phi) is 7.20.